The van der Waals surface area contributed by atoms with Gasteiger partial charge < -0.3 is 9.53 Å². The number of carbonyl (C=O) groups excluding carboxylic acids is 1. The van der Waals surface area contributed by atoms with Gasteiger partial charge in [0.25, 0.3) is 0 Å². The van der Waals surface area contributed by atoms with Crippen molar-refractivity contribution in [2.75, 3.05) is 7.11 Å². The fourth-order valence-corrected chi connectivity index (χ4v) is 2.93. The molecule has 1 aliphatic carbocycles. The van der Waals surface area contributed by atoms with Gasteiger partial charge in [0.2, 0.25) is 0 Å². The van der Waals surface area contributed by atoms with Crippen LogP contribution in [0.5, 0.6) is 5.75 Å². The molecular weight excluding hydrogens is 224 g/mol. The minimum absolute atomic E-state index is 0.309. The molecule has 2 heteroatoms. The Labute approximate surface area is 109 Å². The lowest BCUT2D eigenvalue weighted by atomic mass is 9.78. The molecule has 0 saturated heterocycles. The van der Waals surface area contributed by atoms with Crippen molar-refractivity contribution >= 4 is 6.29 Å². The summed E-state index contributed by atoms with van der Waals surface area (Å²) in [6.07, 6.45) is 5.31. The highest BCUT2D eigenvalue weighted by Gasteiger charge is 2.37. The molecule has 18 heavy (non-hydrogen) atoms. The molecule has 0 atom stereocenters. The maximum absolute atomic E-state index is 11.6. The highest BCUT2D eigenvalue weighted by Crippen LogP contribution is 2.44. The molecule has 0 N–H and O–H groups in total. The maximum atomic E-state index is 11.6. The Hall–Kier alpha value is -1.31. The highest BCUT2D eigenvalue weighted by atomic mass is 16.5. The standard InChI is InChI=1S/C16H22O2/c1-12(2)13-6-7-15(18-3)14(10-13)16(11-17)8-4-5-9-16/h6-7,10-12H,4-5,8-9H2,1-3H3. The van der Waals surface area contributed by atoms with E-state index in [0.717, 1.165) is 43.3 Å². The molecule has 0 heterocycles. The molecule has 1 aromatic carbocycles. The predicted molar refractivity (Wildman–Crippen MR) is 73.3 cm³/mol. The molecule has 2 rings (SSSR count). The van der Waals surface area contributed by atoms with Crippen LogP contribution in [0.25, 0.3) is 0 Å². The lowest BCUT2D eigenvalue weighted by Crippen LogP contribution is -2.24. The van der Waals surface area contributed by atoms with Crippen molar-refractivity contribution in [1.82, 2.24) is 0 Å². The Bertz CT molecular complexity index is 429. The molecule has 0 unspecified atom stereocenters. The average molecular weight is 246 g/mol. The first kappa shape index (κ1) is 13.1. The Morgan fingerprint density at radius 1 is 1.28 bits per heavy atom. The number of aldehydes is 1. The first-order valence-electron chi connectivity index (χ1n) is 6.78. The summed E-state index contributed by atoms with van der Waals surface area (Å²) in [7, 11) is 1.68. The molecule has 98 valence electrons. The minimum Gasteiger partial charge on any atom is -0.496 e. The Morgan fingerprint density at radius 3 is 2.44 bits per heavy atom. The monoisotopic (exact) mass is 246 g/mol. The second-order valence-electron chi connectivity index (χ2n) is 5.60. The van der Waals surface area contributed by atoms with Crippen LogP contribution in [0.15, 0.2) is 18.2 Å². The first-order valence-corrected chi connectivity index (χ1v) is 6.78. The number of methoxy groups -OCH3 is 1. The second kappa shape index (κ2) is 5.13. The lowest BCUT2D eigenvalue weighted by Gasteiger charge is -2.26. The van der Waals surface area contributed by atoms with E-state index in [4.69, 9.17) is 4.74 Å². The van der Waals surface area contributed by atoms with Gasteiger partial charge in [0.1, 0.15) is 12.0 Å². The first-order chi connectivity index (χ1) is 8.63. The fraction of sp³-hybridized carbons (Fsp3) is 0.562. The summed E-state index contributed by atoms with van der Waals surface area (Å²) in [6.45, 7) is 4.35. The van der Waals surface area contributed by atoms with Gasteiger partial charge in [-0.25, -0.2) is 0 Å². The molecule has 0 bridgehead atoms. The van der Waals surface area contributed by atoms with Crippen LogP contribution < -0.4 is 4.74 Å². The van der Waals surface area contributed by atoms with Gasteiger partial charge in [-0.05, 0) is 30.4 Å². The van der Waals surface area contributed by atoms with E-state index in [1.54, 1.807) is 7.11 Å². The summed E-state index contributed by atoms with van der Waals surface area (Å²) in [5.74, 6) is 1.33. The minimum atomic E-state index is -0.309. The third kappa shape index (κ3) is 2.16. The van der Waals surface area contributed by atoms with Crippen molar-refractivity contribution < 1.29 is 9.53 Å². The summed E-state index contributed by atoms with van der Waals surface area (Å²) in [5, 5.41) is 0. The Balaban J connectivity index is 2.52. The summed E-state index contributed by atoms with van der Waals surface area (Å²) in [6, 6.07) is 6.28. The van der Waals surface area contributed by atoms with Gasteiger partial charge in [0.05, 0.1) is 12.5 Å². The molecule has 1 aliphatic rings. The van der Waals surface area contributed by atoms with Crippen molar-refractivity contribution in [3.8, 4) is 5.75 Å². The van der Waals surface area contributed by atoms with E-state index in [0.29, 0.717) is 5.92 Å². The van der Waals surface area contributed by atoms with Crippen LogP contribution in [-0.4, -0.2) is 13.4 Å². The molecule has 1 fully saturated rings. The van der Waals surface area contributed by atoms with Gasteiger partial charge in [0.15, 0.2) is 0 Å². The van der Waals surface area contributed by atoms with Crippen molar-refractivity contribution in [2.45, 2.75) is 50.9 Å². The zero-order valence-corrected chi connectivity index (χ0v) is 11.5. The fourth-order valence-electron chi connectivity index (χ4n) is 2.93. The van der Waals surface area contributed by atoms with Gasteiger partial charge in [-0.15, -0.1) is 0 Å². The van der Waals surface area contributed by atoms with E-state index < -0.39 is 0 Å². The second-order valence-corrected chi connectivity index (χ2v) is 5.60. The largest absolute Gasteiger partial charge is 0.496 e. The molecule has 0 radical (unpaired) electrons. The highest BCUT2D eigenvalue weighted by molar-refractivity contribution is 5.71. The van der Waals surface area contributed by atoms with Crippen LogP contribution in [0.4, 0.5) is 0 Å². The van der Waals surface area contributed by atoms with E-state index in [2.05, 4.69) is 26.0 Å². The van der Waals surface area contributed by atoms with E-state index in [1.165, 1.54) is 5.56 Å². The summed E-state index contributed by atoms with van der Waals surface area (Å²) in [5.41, 5.74) is 2.05. The van der Waals surface area contributed by atoms with Crippen LogP contribution in [0.1, 0.15) is 56.6 Å². The van der Waals surface area contributed by atoms with Gasteiger partial charge in [-0.3, -0.25) is 0 Å². The normalized spacial score (nSPS) is 18.0. The number of benzene rings is 1. The van der Waals surface area contributed by atoms with E-state index >= 15 is 0 Å². The van der Waals surface area contributed by atoms with Crippen molar-refractivity contribution in [3.05, 3.63) is 29.3 Å². The van der Waals surface area contributed by atoms with Crippen LogP contribution in [0.3, 0.4) is 0 Å². The molecule has 0 amide bonds. The van der Waals surface area contributed by atoms with Crippen LogP contribution in [0.2, 0.25) is 0 Å². The Kier molecular flexibility index (Phi) is 3.74. The number of carbonyl (C=O) groups is 1. The van der Waals surface area contributed by atoms with Crippen LogP contribution in [-0.2, 0) is 10.2 Å². The van der Waals surface area contributed by atoms with E-state index in [1.807, 2.05) is 6.07 Å². The third-order valence-corrected chi connectivity index (χ3v) is 4.15. The third-order valence-electron chi connectivity index (χ3n) is 4.15. The van der Waals surface area contributed by atoms with Gasteiger partial charge >= 0.3 is 0 Å². The average Bonchev–Trinajstić information content (AvgIpc) is 2.87. The smallest absolute Gasteiger partial charge is 0.130 e. The number of hydrogen-bond donors (Lipinski definition) is 0. The van der Waals surface area contributed by atoms with Gasteiger partial charge in [0, 0.05) is 5.56 Å². The molecule has 0 aliphatic heterocycles. The molecule has 0 aromatic heterocycles. The van der Waals surface area contributed by atoms with Crippen molar-refractivity contribution in [3.63, 3.8) is 0 Å². The van der Waals surface area contributed by atoms with Crippen LogP contribution >= 0.6 is 0 Å². The summed E-state index contributed by atoms with van der Waals surface area (Å²) >= 11 is 0. The van der Waals surface area contributed by atoms with E-state index in [-0.39, 0.29) is 5.41 Å². The number of hydrogen-bond acceptors (Lipinski definition) is 2. The zero-order chi connectivity index (χ0) is 13.2. The van der Waals surface area contributed by atoms with Gasteiger partial charge in [-0.2, -0.15) is 0 Å². The molecule has 2 nitrogen and oxygen atoms in total. The Morgan fingerprint density at radius 2 is 1.94 bits per heavy atom. The SMILES string of the molecule is COc1ccc(C(C)C)cc1C1(C=O)CCCC1. The molecule has 0 spiro atoms. The predicted octanol–water partition coefficient (Wildman–Crippen LogP) is 3.83. The van der Waals surface area contributed by atoms with Crippen molar-refractivity contribution in [2.24, 2.45) is 0 Å². The maximum Gasteiger partial charge on any atom is 0.130 e. The number of rotatable bonds is 4. The molecule has 1 saturated carbocycles. The van der Waals surface area contributed by atoms with Crippen molar-refractivity contribution in [1.29, 1.82) is 0 Å². The quantitative estimate of drug-likeness (QED) is 0.755. The van der Waals surface area contributed by atoms with Crippen LogP contribution in [0, 0.1) is 0 Å². The molecule has 1 aromatic rings. The molecular formula is C16H22O2. The zero-order valence-electron chi connectivity index (χ0n) is 11.5. The lowest BCUT2D eigenvalue weighted by molar-refractivity contribution is -0.112. The van der Waals surface area contributed by atoms with E-state index in [9.17, 15) is 4.79 Å². The number of ether oxygens (including phenoxy) is 1. The topological polar surface area (TPSA) is 26.3 Å². The summed E-state index contributed by atoms with van der Waals surface area (Å²) in [4.78, 5) is 11.6. The summed E-state index contributed by atoms with van der Waals surface area (Å²) < 4.78 is 5.46. The van der Waals surface area contributed by atoms with Gasteiger partial charge in [-0.1, -0.05) is 38.8 Å².